The first-order chi connectivity index (χ1) is 12.6. The molecule has 0 unspecified atom stereocenters. The molecule has 0 atom stereocenters. The van der Waals surface area contributed by atoms with E-state index in [-0.39, 0.29) is 11.2 Å². The quantitative estimate of drug-likeness (QED) is 0.566. The molecule has 4 aromatic rings. The second-order valence-electron chi connectivity index (χ2n) is 6.51. The highest BCUT2D eigenvalue weighted by molar-refractivity contribution is 5.78. The second-order valence-corrected chi connectivity index (χ2v) is 6.51. The van der Waals surface area contributed by atoms with Crippen LogP contribution in [0.3, 0.4) is 0 Å². The Balaban J connectivity index is 1.62. The van der Waals surface area contributed by atoms with Crippen LogP contribution in [0.2, 0.25) is 0 Å². The van der Waals surface area contributed by atoms with E-state index >= 15 is 0 Å². The largest absolute Gasteiger partial charge is 0.508 e. The van der Waals surface area contributed by atoms with Crippen LogP contribution in [0, 0.1) is 6.92 Å². The van der Waals surface area contributed by atoms with Gasteiger partial charge in [0.15, 0.2) is 5.43 Å². The van der Waals surface area contributed by atoms with Crippen molar-refractivity contribution in [3.63, 3.8) is 0 Å². The minimum Gasteiger partial charge on any atom is -0.508 e. The minimum absolute atomic E-state index is 0.0612. The maximum Gasteiger partial charge on any atom is 0.196 e. The third-order valence-corrected chi connectivity index (χ3v) is 4.56. The van der Waals surface area contributed by atoms with Gasteiger partial charge in [0.05, 0.1) is 11.6 Å². The van der Waals surface area contributed by atoms with Crippen molar-refractivity contribution >= 4 is 11.0 Å². The van der Waals surface area contributed by atoms with Crippen LogP contribution in [-0.2, 0) is 6.42 Å². The Morgan fingerprint density at radius 1 is 0.885 bits per heavy atom. The zero-order valence-electron chi connectivity index (χ0n) is 14.4. The lowest BCUT2D eigenvalue weighted by atomic mass is 10.00. The average Bonchev–Trinajstić information content (AvgIpc) is 2.65. The number of hydrogen-bond acceptors (Lipinski definition) is 3. The minimum atomic E-state index is -0.0612. The Labute approximate surface area is 151 Å². The van der Waals surface area contributed by atoms with Crippen LogP contribution < -0.4 is 5.43 Å². The summed E-state index contributed by atoms with van der Waals surface area (Å²) < 4.78 is 5.52. The molecule has 26 heavy (non-hydrogen) atoms. The number of fused-ring (bicyclic) bond motifs is 1. The highest BCUT2D eigenvalue weighted by Crippen LogP contribution is 2.22. The van der Waals surface area contributed by atoms with Crippen molar-refractivity contribution in [1.29, 1.82) is 0 Å². The van der Waals surface area contributed by atoms with E-state index < -0.39 is 0 Å². The number of benzene rings is 3. The standard InChI is InChI=1S/C23H18O3/c1-15-2-6-17(7-3-15)18-8-4-16(5-9-18)12-19-14-26-22-13-20(24)10-11-21(22)23(19)25/h2-11,13-14,24H,12H2,1H3. The van der Waals surface area contributed by atoms with E-state index in [9.17, 15) is 9.90 Å². The maximum atomic E-state index is 12.6. The first kappa shape index (κ1) is 16.2. The van der Waals surface area contributed by atoms with Crippen molar-refractivity contribution in [2.24, 2.45) is 0 Å². The average molecular weight is 342 g/mol. The van der Waals surface area contributed by atoms with Crippen LogP contribution in [-0.4, -0.2) is 5.11 Å². The van der Waals surface area contributed by atoms with Gasteiger partial charge < -0.3 is 9.52 Å². The third-order valence-electron chi connectivity index (χ3n) is 4.56. The predicted octanol–water partition coefficient (Wildman–Crippen LogP) is 5.06. The molecular weight excluding hydrogens is 324 g/mol. The molecule has 0 radical (unpaired) electrons. The van der Waals surface area contributed by atoms with Gasteiger partial charge in [-0.05, 0) is 35.7 Å². The fourth-order valence-electron chi connectivity index (χ4n) is 3.06. The number of aromatic hydroxyl groups is 1. The van der Waals surface area contributed by atoms with Crippen LogP contribution >= 0.6 is 0 Å². The lowest BCUT2D eigenvalue weighted by Gasteiger charge is -2.06. The van der Waals surface area contributed by atoms with Gasteiger partial charge in [0.2, 0.25) is 0 Å². The van der Waals surface area contributed by atoms with Gasteiger partial charge in [-0.3, -0.25) is 4.79 Å². The molecule has 1 heterocycles. The van der Waals surface area contributed by atoms with Gasteiger partial charge in [-0.2, -0.15) is 0 Å². The number of aryl methyl sites for hydroxylation is 1. The predicted molar refractivity (Wildman–Crippen MR) is 104 cm³/mol. The maximum absolute atomic E-state index is 12.6. The molecule has 3 heteroatoms. The molecule has 0 saturated carbocycles. The molecule has 0 bridgehead atoms. The second kappa shape index (κ2) is 6.52. The van der Waals surface area contributed by atoms with Crippen molar-refractivity contribution in [2.75, 3.05) is 0 Å². The summed E-state index contributed by atoms with van der Waals surface area (Å²) in [5.41, 5.74) is 5.54. The molecule has 0 aliphatic carbocycles. The Hall–Kier alpha value is -3.33. The summed E-state index contributed by atoms with van der Waals surface area (Å²) in [4.78, 5) is 12.6. The number of rotatable bonds is 3. The third kappa shape index (κ3) is 3.11. The number of phenols is 1. The Morgan fingerprint density at radius 3 is 2.23 bits per heavy atom. The van der Waals surface area contributed by atoms with E-state index in [1.165, 1.54) is 29.5 Å². The number of hydrogen-bond donors (Lipinski definition) is 1. The van der Waals surface area contributed by atoms with Crippen molar-refractivity contribution in [1.82, 2.24) is 0 Å². The normalized spacial score (nSPS) is 11.0. The Bertz CT molecular complexity index is 1120. The smallest absolute Gasteiger partial charge is 0.196 e. The summed E-state index contributed by atoms with van der Waals surface area (Å²) in [6.07, 6.45) is 1.99. The highest BCUT2D eigenvalue weighted by atomic mass is 16.3. The molecule has 128 valence electrons. The summed E-state index contributed by atoms with van der Waals surface area (Å²) in [5, 5.41) is 9.98. The lowest BCUT2D eigenvalue weighted by molar-refractivity contribution is 0.474. The van der Waals surface area contributed by atoms with E-state index in [1.807, 2.05) is 12.1 Å². The van der Waals surface area contributed by atoms with E-state index in [0.29, 0.717) is 23.0 Å². The number of phenolic OH excluding ortho intramolecular Hbond substituents is 1. The molecular formula is C23H18O3. The van der Waals surface area contributed by atoms with Gasteiger partial charge in [0.1, 0.15) is 11.3 Å². The van der Waals surface area contributed by atoms with Gasteiger partial charge in [-0.25, -0.2) is 0 Å². The van der Waals surface area contributed by atoms with E-state index in [1.54, 1.807) is 6.07 Å². The summed E-state index contributed by atoms with van der Waals surface area (Å²) in [6, 6.07) is 21.2. The van der Waals surface area contributed by atoms with Crippen LogP contribution in [0.4, 0.5) is 0 Å². The van der Waals surface area contributed by atoms with E-state index in [2.05, 4.69) is 43.3 Å². The Morgan fingerprint density at radius 2 is 1.54 bits per heavy atom. The zero-order valence-corrected chi connectivity index (χ0v) is 14.4. The lowest BCUT2D eigenvalue weighted by Crippen LogP contribution is -2.09. The molecule has 0 fully saturated rings. The van der Waals surface area contributed by atoms with Gasteiger partial charge >= 0.3 is 0 Å². The fraction of sp³-hybridized carbons (Fsp3) is 0.0870. The van der Waals surface area contributed by atoms with Gasteiger partial charge in [-0.15, -0.1) is 0 Å². The highest BCUT2D eigenvalue weighted by Gasteiger charge is 2.09. The molecule has 1 aromatic heterocycles. The molecule has 3 aromatic carbocycles. The molecule has 0 aliphatic heterocycles. The molecule has 3 nitrogen and oxygen atoms in total. The molecule has 0 saturated heterocycles. The summed E-state index contributed by atoms with van der Waals surface area (Å²) in [5.74, 6) is 0.0834. The van der Waals surface area contributed by atoms with Gasteiger partial charge in [0, 0.05) is 18.1 Å². The van der Waals surface area contributed by atoms with Crippen molar-refractivity contribution < 1.29 is 9.52 Å². The van der Waals surface area contributed by atoms with Crippen LogP contribution in [0.25, 0.3) is 22.1 Å². The van der Waals surface area contributed by atoms with Crippen molar-refractivity contribution in [3.8, 4) is 16.9 Å². The molecule has 0 amide bonds. The van der Waals surface area contributed by atoms with Gasteiger partial charge in [0.25, 0.3) is 0 Å². The first-order valence-corrected chi connectivity index (χ1v) is 8.49. The summed E-state index contributed by atoms with van der Waals surface area (Å²) >= 11 is 0. The molecule has 0 spiro atoms. The van der Waals surface area contributed by atoms with Crippen LogP contribution in [0.15, 0.2) is 82.2 Å². The topological polar surface area (TPSA) is 50.4 Å². The van der Waals surface area contributed by atoms with Crippen molar-refractivity contribution in [2.45, 2.75) is 13.3 Å². The fourth-order valence-corrected chi connectivity index (χ4v) is 3.06. The SMILES string of the molecule is Cc1ccc(-c2ccc(Cc3coc4cc(O)ccc4c3=O)cc2)cc1. The van der Waals surface area contributed by atoms with E-state index in [0.717, 1.165) is 11.1 Å². The first-order valence-electron chi connectivity index (χ1n) is 8.49. The molecule has 1 N–H and O–H groups in total. The molecule has 0 aliphatic rings. The summed E-state index contributed by atoms with van der Waals surface area (Å²) in [7, 11) is 0. The molecule has 4 rings (SSSR count). The summed E-state index contributed by atoms with van der Waals surface area (Å²) in [6.45, 7) is 2.07. The van der Waals surface area contributed by atoms with Gasteiger partial charge in [-0.1, -0.05) is 54.1 Å². The Kier molecular flexibility index (Phi) is 4.05. The zero-order chi connectivity index (χ0) is 18.1. The monoisotopic (exact) mass is 342 g/mol. The van der Waals surface area contributed by atoms with Crippen molar-refractivity contribution in [3.05, 3.63) is 99.9 Å². The van der Waals surface area contributed by atoms with Crippen LogP contribution in [0.1, 0.15) is 16.7 Å². The van der Waals surface area contributed by atoms with Crippen LogP contribution in [0.5, 0.6) is 5.75 Å². The van der Waals surface area contributed by atoms with E-state index in [4.69, 9.17) is 4.42 Å².